The van der Waals surface area contributed by atoms with E-state index in [1.165, 1.54) is 7.11 Å². The summed E-state index contributed by atoms with van der Waals surface area (Å²) in [4.78, 5) is 52.7. The highest BCUT2D eigenvalue weighted by atomic mass is 16.5. The summed E-state index contributed by atoms with van der Waals surface area (Å²) in [6, 6.07) is 0. The first kappa shape index (κ1) is 29.1. The zero-order chi connectivity index (χ0) is 28.6. The highest BCUT2D eigenvalue weighted by Gasteiger charge is 2.70. The van der Waals surface area contributed by atoms with Crippen molar-refractivity contribution in [3.05, 3.63) is 11.1 Å². The Balaban J connectivity index is 1.71. The zero-order valence-corrected chi connectivity index (χ0v) is 24.3. The molecule has 4 rings (SSSR count). The molecule has 2 fully saturated rings. The molecular weight excluding hydrogens is 484 g/mol. The first-order chi connectivity index (χ1) is 17.5. The maximum Gasteiger partial charge on any atom is 0.308 e. The molecule has 7 heteroatoms. The average molecular weight is 531 g/mol. The van der Waals surface area contributed by atoms with Gasteiger partial charge in [-0.2, -0.15) is 0 Å². The number of carbonyl (C=O) groups excluding carboxylic acids is 4. The molecular formula is C31H46O7. The van der Waals surface area contributed by atoms with Gasteiger partial charge in [-0.05, 0) is 47.8 Å². The fourth-order valence-electron chi connectivity index (χ4n) is 9.31. The molecule has 38 heavy (non-hydrogen) atoms. The lowest BCUT2D eigenvalue weighted by molar-refractivity contribution is -0.146. The number of Topliss-reactive ketones (excluding diaryl/α,β-unsaturated/α-hetero) is 3. The van der Waals surface area contributed by atoms with Crippen molar-refractivity contribution in [2.75, 3.05) is 7.11 Å². The van der Waals surface area contributed by atoms with Crippen molar-refractivity contribution in [1.29, 1.82) is 0 Å². The predicted molar refractivity (Wildman–Crippen MR) is 142 cm³/mol. The van der Waals surface area contributed by atoms with Crippen LogP contribution in [0, 0.1) is 45.3 Å². The van der Waals surface area contributed by atoms with Gasteiger partial charge < -0.3 is 14.9 Å². The van der Waals surface area contributed by atoms with Gasteiger partial charge in [0.2, 0.25) is 0 Å². The number of hydrogen-bond acceptors (Lipinski definition) is 7. The van der Waals surface area contributed by atoms with Gasteiger partial charge >= 0.3 is 5.97 Å². The number of allylic oxidation sites excluding steroid dienone is 1. The van der Waals surface area contributed by atoms with Crippen molar-refractivity contribution < 1.29 is 34.1 Å². The van der Waals surface area contributed by atoms with Gasteiger partial charge in [-0.25, -0.2) is 0 Å². The van der Waals surface area contributed by atoms with Crippen molar-refractivity contribution in [3.8, 4) is 0 Å². The molecule has 0 aromatic carbocycles. The number of esters is 1. The van der Waals surface area contributed by atoms with Gasteiger partial charge in [0.25, 0.3) is 0 Å². The van der Waals surface area contributed by atoms with Crippen molar-refractivity contribution >= 4 is 23.3 Å². The normalized spacial score (nSPS) is 41.6. The summed E-state index contributed by atoms with van der Waals surface area (Å²) in [6.45, 7) is 13.7. The molecule has 0 aliphatic heterocycles. The molecule has 0 aromatic heterocycles. The van der Waals surface area contributed by atoms with Crippen LogP contribution in [-0.4, -0.2) is 52.8 Å². The third kappa shape index (κ3) is 3.89. The molecule has 4 aliphatic rings. The first-order valence-electron chi connectivity index (χ1n) is 14.2. The molecule has 0 aromatic rings. The molecule has 7 nitrogen and oxygen atoms in total. The molecule has 2 N–H and O–H groups in total. The summed E-state index contributed by atoms with van der Waals surface area (Å²) < 4.78 is 4.76. The number of aliphatic hydroxyl groups excluding tert-OH is 2. The standard InChI is InChI=1S/C31H46O7/c1-16(11-18(32)12-17(2)27(37)38-8)19-13-24(36)31(7)26-20(33)14-22-28(3,4)23(35)9-10-29(22,5)25(26)21(34)15-30(19,31)6/h16-17,19,22-24,35-36H,9-15H2,1-8H3/t16-,17?,19-,22+,23+,24+,29+,30-,31+/m1/s1. The quantitative estimate of drug-likeness (QED) is 0.494. The Morgan fingerprint density at radius 3 is 2.21 bits per heavy atom. The van der Waals surface area contributed by atoms with Gasteiger partial charge in [0, 0.05) is 47.7 Å². The first-order valence-corrected chi connectivity index (χ1v) is 14.2. The number of fused-ring (bicyclic) bond motifs is 4. The third-order valence-corrected chi connectivity index (χ3v) is 11.8. The van der Waals surface area contributed by atoms with Crippen molar-refractivity contribution in [3.63, 3.8) is 0 Å². The fraction of sp³-hybridized carbons (Fsp3) is 0.806. The van der Waals surface area contributed by atoms with Crippen LogP contribution in [0.4, 0.5) is 0 Å². The van der Waals surface area contributed by atoms with E-state index in [0.717, 1.165) is 0 Å². The van der Waals surface area contributed by atoms with Crippen LogP contribution >= 0.6 is 0 Å². The minimum Gasteiger partial charge on any atom is -0.469 e. The largest absolute Gasteiger partial charge is 0.469 e. The summed E-state index contributed by atoms with van der Waals surface area (Å²) in [7, 11) is 1.31. The fourth-order valence-corrected chi connectivity index (χ4v) is 9.31. The van der Waals surface area contributed by atoms with Crippen LogP contribution < -0.4 is 0 Å². The van der Waals surface area contributed by atoms with Crippen LogP contribution in [0.5, 0.6) is 0 Å². The van der Waals surface area contributed by atoms with E-state index in [1.807, 2.05) is 34.6 Å². The molecule has 0 radical (unpaired) electrons. The third-order valence-electron chi connectivity index (χ3n) is 11.8. The van der Waals surface area contributed by atoms with E-state index in [0.29, 0.717) is 30.4 Å². The number of ketones is 3. The Morgan fingerprint density at radius 2 is 1.61 bits per heavy atom. The van der Waals surface area contributed by atoms with Crippen molar-refractivity contribution in [1.82, 2.24) is 0 Å². The van der Waals surface area contributed by atoms with Gasteiger partial charge in [-0.15, -0.1) is 0 Å². The van der Waals surface area contributed by atoms with Crippen LogP contribution in [0.25, 0.3) is 0 Å². The Labute approximate surface area is 226 Å². The lowest BCUT2D eigenvalue weighted by atomic mass is 9.42. The van der Waals surface area contributed by atoms with Crippen molar-refractivity contribution in [2.24, 2.45) is 45.3 Å². The second-order valence-electron chi connectivity index (χ2n) is 14.1. The summed E-state index contributed by atoms with van der Waals surface area (Å²) >= 11 is 0. The van der Waals surface area contributed by atoms with Gasteiger partial charge in [0.1, 0.15) is 5.78 Å². The lowest BCUT2D eigenvalue weighted by Gasteiger charge is -2.60. The maximum atomic E-state index is 14.1. The monoisotopic (exact) mass is 530 g/mol. The van der Waals surface area contributed by atoms with E-state index in [1.54, 1.807) is 6.92 Å². The van der Waals surface area contributed by atoms with Gasteiger partial charge in [-0.3, -0.25) is 19.2 Å². The molecule has 9 atom stereocenters. The topological polar surface area (TPSA) is 118 Å². The SMILES string of the molecule is COC(=O)C(C)CC(=O)C[C@@H](C)[C@H]1C[C@H](O)[C@@]2(C)C3=C(C(=O)C[C@]12C)[C@@]1(C)CC[C@H](O)C(C)(C)[C@@H]1CC3=O. The van der Waals surface area contributed by atoms with E-state index in [4.69, 9.17) is 4.74 Å². The molecule has 2 saturated carbocycles. The van der Waals surface area contributed by atoms with Crippen molar-refractivity contribution in [2.45, 2.75) is 106 Å². The second-order valence-corrected chi connectivity index (χ2v) is 14.1. The molecule has 4 aliphatic carbocycles. The van der Waals surface area contributed by atoms with Gasteiger partial charge in [0.15, 0.2) is 11.6 Å². The number of hydrogen-bond donors (Lipinski definition) is 2. The Hall–Kier alpha value is -1.86. The molecule has 0 saturated heterocycles. The van der Waals surface area contributed by atoms with Crippen LogP contribution in [-0.2, 0) is 23.9 Å². The number of ether oxygens (including phenoxy) is 1. The Kier molecular flexibility index (Phi) is 7.18. The molecule has 0 heterocycles. The molecule has 212 valence electrons. The zero-order valence-electron chi connectivity index (χ0n) is 24.3. The number of rotatable bonds is 6. The van der Waals surface area contributed by atoms with Crippen LogP contribution in [0.3, 0.4) is 0 Å². The van der Waals surface area contributed by atoms with E-state index in [2.05, 4.69) is 6.92 Å². The molecule has 1 unspecified atom stereocenters. The lowest BCUT2D eigenvalue weighted by Crippen LogP contribution is -2.60. The van der Waals surface area contributed by atoms with Crippen LogP contribution in [0.15, 0.2) is 11.1 Å². The Morgan fingerprint density at radius 1 is 0.974 bits per heavy atom. The van der Waals surface area contributed by atoms with E-state index in [-0.39, 0.29) is 60.8 Å². The maximum absolute atomic E-state index is 14.1. The highest BCUT2D eigenvalue weighted by molar-refractivity contribution is 6.11. The van der Waals surface area contributed by atoms with E-state index in [9.17, 15) is 29.4 Å². The summed E-state index contributed by atoms with van der Waals surface area (Å²) in [5.74, 6) is -1.51. The van der Waals surface area contributed by atoms with E-state index < -0.39 is 45.8 Å². The number of aliphatic hydroxyl groups is 2. The number of carbonyl (C=O) groups is 4. The molecule has 0 amide bonds. The molecule has 0 bridgehead atoms. The Bertz CT molecular complexity index is 1090. The number of methoxy groups -OCH3 is 1. The van der Waals surface area contributed by atoms with E-state index >= 15 is 0 Å². The van der Waals surface area contributed by atoms with Crippen LogP contribution in [0.1, 0.15) is 93.4 Å². The van der Waals surface area contributed by atoms with Crippen LogP contribution in [0.2, 0.25) is 0 Å². The summed E-state index contributed by atoms with van der Waals surface area (Å²) in [6.07, 6.45) is 1.09. The summed E-state index contributed by atoms with van der Waals surface area (Å²) in [5.41, 5.74) is -1.52. The van der Waals surface area contributed by atoms with Gasteiger partial charge in [0.05, 0.1) is 25.2 Å². The smallest absolute Gasteiger partial charge is 0.308 e. The minimum atomic E-state index is -0.900. The van der Waals surface area contributed by atoms with Gasteiger partial charge in [-0.1, -0.05) is 48.5 Å². The minimum absolute atomic E-state index is 0.0235. The highest BCUT2D eigenvalue weighted by Crippen LogP contribution is 2.71. The molecule has 0 spiro atoms. The average Bonchev–Trinajstić information content (AvgIpc) is 3.03. The summed E-state index contributed by atoms with van der Waals surface area (Å²) in [5, 5.41) is 22.4. The predicted octanol–water partition coefficient (Wildman–Crippen LogP) is 4.22. The second kappa shape index (κ2) is 9.36.